The highest BCUT2D eigenvalue weighted by Crippen LogP contribution is 2.35. The monoisotopic (exact) mass is 333 g/mol. The van der Waals surface area contributed by atoms with Crippen molar-refractivity contribution < 1.29 is 4.79 Å². The van der Waals surface area contributed by atoms with Crippen LogP contribution in [0.5, 0.6) is 0 Å². The van der Waals surface area contributed by atoms with Crippen LogP contribution in [0, 0.1) is 0 Å². The van der Waals surface area contributed by atoms with Gasteiger partial charge in [-0.25, -0.2) is 4.68 Å². The second kappa shape index (κ2) is 6.10. The van der Waals surface area contributed by atoms with E-state index in [1.54, 1.807) is 12.3 Å². The average Bonchev–Trinajstić information content (AvgIpc) is 3.12. The van der Waals surface area contributed by atoms with Crippen molar-refractivity contribution in [3.8, 4) is 0 Å². The van der Waals surface area contributed by atoms with Crippen LogP contribution in [0.25, 0.3) is 10.1 Å². The lowest BCUT2D eigenvalue weighted by Gasteiger charge is -2.13. The zero-order valence-electron chi connectivity index (χ0n) is 12.3. The van der Waals surface area contributed by atoms with E-state index in [0.29, 0.717) is 15.7 Å². The zero-order chi connectivity index (χ0) is 15.7. The Morgan fingerprint density at radius 1 is 1.41 bits per heavy atom. The fourth-order valence-electron chi connectivity index (χ4n) is 2.27. The molecule has 2 aromatic heterocycles. The van der Waals surface area contributed by atoms with E-state index in [9.17, 15) is 4.79 Å². The molecule has 0 saturated heterocycles. The summed E-state index contributed by atoms with van der Waals surface area (Å²) in [6.45, 7) is 4.15. The highest BCUT2D eigenvalue weighted by atomic mass is 35.5. The van der Waals surface area contributed by atoms with Crippen LogP contribution >= 0.6 is 22.9 Å². The van der Waals surface area contributed by atoms with Crippen molar-refractivity contribution in [2.24, 2.45) is 0 Å². The molecule has 3 rings (SSSR count). The molecule has 0 aliphatic heterocycles. The summed E-state index contributed by atoms with van der Waals surface area (Å²) in [7, 11) is 0. The topological polar surface area (TPSA) is 46.9 Å². The summed E-state index contributed by atoms with van der Waals surface area (Å²) in [5, 5.41) is 8.60. The Morgan fingerprint density at radius 2 is 2.18 bits per heavy atom. The Balaban J connectivity index is 1.91. The normalized spacial score (nSPS) is 12.5. The van der Waals surface area contributed by atoms with Crippen LogP contribution < -0.4 is 5.32 Å². The molecule has 1 unspecified atom stereocenters. The van der Waals surface area contributed by atoms with Gasteiger partial charge in [0.1, 0.15) is 10.7 Å². The molecule has 1 atom stereocenters. The fraction of sp³-hybridized carbons (Fsp3) is 0.250. The number of amides is 1. The number of nitrogens with one attached hydrogen (secondary N) is 1. The standard InChI is InChI=1S/C16H16ClN3OS/c1-3-10(2)20-13(8-9-18-20)19-16(21)15-14(17)11-6-4-5-7-12(11)22-15/h4-10H,3H2,1-2H3,(H,19,21). The Morgan fingerprint density at radius 3 is 2.91 bits per heavy atom. The molecule has 22 heavy (non-hydrogen) atoms. The number of halogens is 1. The number of thiophene rings is 1. The molecule has 0 aliphatic carbocycles. The van der Waals surface area contributed by atoms with Crippen LogP contribution in [-0.4, -0.2) is 15.7 Å². The van der Waals surface area contributed by atoms with Gasteiger partial charge >= 0.3 is 0 Å². The molecule has 0 spiro atoms. The SMILES string of the molecule is CCC(C)n1nccc1NC(=O)c1sc2ccccc2c1Cl. The first-order chi connectivity index (χ1) is 10.6. The molecule has 4 nitrogen and oxygen atoms in total. The molecule has 0 fully saturated rings. The van der Waals surface area contributed by atoms with Gasteiger partial charge in [0.25, 0.3) is 5.91 Å². The third-order valence-corrected chi connectivity index (χ3v) is 5.34. The van der Waals surface area contributed by atoms with Crippen molar-refractivity contribution in [2.75, 3.05) is 5.32 Å². The Bertz CT molecular complexity index is 824. The van der Waals surface area contributed by atoms with Crippen LogP contribution in [0.3, 0.4) is 0 Å². The summed E-state index contributed by atoms with van der Waals surface area (Å²) in [5.41, 5.74) is 0. The molecular weight excluding hydrogens is 318 g/mol. The molecule has 0 radical (unpaired) electrons. The molecule has 6 heteroatoms. The van der Waals surface area contributed by atoms with E-state index < -0.39 is 0 Å². The van der Waals surface area contributed by atoms with E-state index in [1.165, 1.54) is 11.3 Å². The van der Waals surface area contributed by atoms with Crippen LogP contribution in [-0.2, 0) is 0 Å². The van der Waals surface area contributed by atoms with Gasteiger partial charge in [0.15, 0.2) is 0 Å². The van der Waals surface area contributed by atoms with Gasteiger partial charge in [0, 0.05) is 16.2 Å². The molecule has 2 heterocycles. The van der Waals surface area contributed by atoms with E-state index in [2.05, 4.69) is 24.3 Å². The van der Waals surface area contributed by atoms with Gasteiger partial charge in [-0.1, -0.05) is 36.7 Å². The maximum atomic E-state index is 12.5. The quantitative estimate of drug-likeness (QED) is 0.732. The maximum Gasteiger partial charge on any atom is 0.268 e. The van der Waals surface area contributed by atoms with Gasteiger partial charge in [-0.15, -0.1) is 11.3 Å². The number of carbonyl (C=O) groups is 1. The van der Waals surface area contributed by atoms with Crippen molar-refractivity contribution in [1.82, 2.24) is 9.78 Å². The molecule has 0 saturated carbocycles. The van der Waals surface area contributed by atoms with E-state index in [1.807, 2.05) is 28.9 Å². The van der Waals surface area contributed by atoms with E-state index >= 15 is 0 Å². The molecule has 3 aromatic rings. The number of fused-ring (bicyclic) bond motifs is 1. The van der Waals surface area contributed by atoms with Crippen LogP contribution in [0.2, 0.25) is 5.02 Å². The second-order valence-corrected chi connectivity index (χ2v) is 6.54. The van der Waals surface area contributed by atoms with Crippen molar-refractivity contribution >= 4 is 44.7 Å². The second-order valence-electron chi connectivity index (χ2n) is 5.11. The largest absolute Gasteiger partial charge is 0.306 e. The third kappa shape index (κ3) is 2.62. The van der Waals surface area contributed by atoms with Gasteiger partial charge in [-0.05, 0) is 19.4 Å². The van der Waals surface area contributed by atoms with Gasteiger partial charge in [-0.3, -0.25) is 4.79 Å². The lowest BCUT2D eigenvalue weighted by atomic mass is 10.2. The summed E-state index contributed by atoms with van der Waals surface area (Å²) < 4.78 is 2.83. The first-order valence-corrected chi connectivity index (χ1v) is 8.33. The lowest BCUT2D eigenvalue weighted by Crippen LogP contribution is -2.16. The summed E-state index contributed by atoms with van der Waals surface area (Å²) >= 11 is 7.75. The summed E-state index contributed by atoms with van der Waals surface area (Å²) in [5.74, 6) is 0.490. The minimum atomic E-state index is -0.198. The van der Waals surface area contributed by atoms with E-state index in [0.717, 1.165) is 16.5 Å². The van der Waals surface area contributed by atoms with Gasteiger partial charge in [-0.2, -0.15) is 5.10 Å². The van der Waals surface area contributed by atoms with E-state index in [4.69, 9.17) is 11.6 Å². The summed E-state index contributed by atoms with van der Waals surface area (Å²) in [6.07, 6.45) is 2.63. The smallest absolute Gasteiger partial charge is 0.268 e. The van der Waals surface area contributed by atoms with Crippen LogP contribution in [0.1, 0.15) is 36.0 Å². The highest BCUT2D eigenvalue weighted by molar-refractivity contribution is 7.21. The first-order valence-electron chi connectivity index (χ1n) is 7.13. The number of carbonyl (C=O) groups excluding carboxylic acids is 1. The molecule has 1 aromatic carbocycles. The average molecular weight is 334 g/mol. The van der Waals surface area contributed by atoms with Crippen LogP contribution in [0.4, 0.5) is 5.82 Å². The summed E-state index contributed by atoms with van der Waals surface area (Å²) in [6, 6.07) is 9.77. The maximum absolute atomic E-state index is 12.5. The third-order valence-electron chi connectivity index (χ3n) is 3.66. The Labute approximate surface area is 137 Å². The number of rotatable bonds is 4. The zero-order valence-corrected chi connectivity index (χ0v) is 13.9. The van der Waals surface area contributed by atoms with Gasteiger partial charge in [0.05, 0.1) is 17.3 Å². The van der Waals surface area contributed by atoms with Crippen molar-refractivity contribution in [3.63, 3.8) is 0 Å². The summed E-state index contributed by atoms with van der Waals surface area (Å²) in [4.78, 5) is 13.1. The van der Waals surface area contributed by atoms with Crippen LogP contribution in [0.15, 0.2) is 36.5 Å². The Kier molecular flexibility index (Phi) is 4.18. The van der Waals surface area contributed by atoms with Gasteiger partial charge < -0.3 is 5.32 Å². The highest BCUT2D eigenvalue weighted by Gasteiger charge is 2.19. The number of hydrogen-bond acceptors (Lipinski definition) is 3. The van der Waals surface area contributed by atoms with Crippen molar-refractivity contribution in [1.29, 1.82) is 0 Å². The predicted molar refractivity (Wildman–Crippen MR) is 92.0 cm³/mol. The number of nitrogens with zero attached hydrogens (tertiary/aromatic N) is 2. The Hall–Kier alpha value is -1.85. The molecule has 0 aliphatic rings. The number of benzene rings is 1. The fourth-order valence-corrected chi connectivity index (χ4v) is 3.68. The molecular formula is C16H16ClN3OS. The molecule has 1 N–H and O–H groups in total. The first kappa shape index (κ1) is 15.1. The molecule has 114 valence electrons. The molecule has 0 bridgehead atoms. The minimum Gasteiger partial charge on any atom is -0.306 e. The number of hydrogen-bond donors (Lipinski definition) is 1. The molecule has 1 amide bonds. The number of anilines is 1. The van der Waals surface area contributed by atoms with Crippen molar-refractivity contribution in [3.05, 3.63) is 46.4 Å². The number of aromatic nitrogens is 2. The minimum absolute atomic E-state index is 0.198. The lowest BCUT2D eigenvalue weighted by molar-refractivity contribution is 0.102. The van der Waals surface area contributed by atoms with Gasteiger partial charge in [0.2, 0.25) is 0 Å². The predicted octanol–water partition coefficient (Wildman–Crippen LogP) is 4.97. The van der Waals surface area contributed by atoms with Crippen molar-refractivity contribution in [2.45, 2.75) is 26.3 Å². The van der Waals surface area contributed by atoms with E-state index in [-0.39, 0.29) is 11.9 Å².